The first-order valence-corrected chi connectivity index (χ1v) is 13.9. The van der Waals surface area contributed by atoms with Crippen LogP contribution in [0, 0.1) is 5.82 Å². The van der Waals surface area contributed by atoms with Crippen molar-refractivity contribution in [2.45, 2.75) is 30.8 Å². The van der Waals surface area contributed by atoms with Crippen molar-refractivity contribution in [2.24, 2.45) is 0 Å². The Balaban J connectivity index is 0.00000210. The van der Waals surface area contributed by atoms with Crippen molar-refractivity contribution >= 4 is 54.9 Å². The maximum Gasteiger partial charge on any atom is 0.263 e. The molecule has 2 aromatic carbocycles. The molecule has 2 aromatic heterocycles. The number of amides is 2. The predicted octanol–water partition coefficient (Wildman–Crippen LogP) is 4.35. The molecule has 4 aromatic rings. The summed E-state index contributed by atoms with van der Waals surface area (Å²) in [7, 11) is -3.81. The summed E-state index contributed by atoms with van der Waals surface area (Å²) in [4.78, 5) is 33.7. The van der Waals surface area contributed by atoms with Crippen LogP contribution in [0.3, 0.4) is 0 Å². The summed E-state index contributed by atoms with van der Waals surface area (Å²) in [6, 6.07) is 11.0. The van der Waals surface area contributed by atoms with Crippen molar-refractivity contribution in [3.8, 4) is 0 Å². The summed E-state index contributed by atoms with van der Waals surface area (Å²) in [5.74, 6) is -0.866. The lowest BCUT2D eigenvalue weighted by molar-refractivity contribution is -0.143. The van der Waals surface area contributed by atoms with Crippen LogP contribution in [0.15, 0.2) is 71.2 Å². The van der Waals surface area contributed by atoms with Crippen molar-refractivity contribution < 1.29 is 25.3 Å². The molecule has 1 aliphatic heterocycles. The highest BCUT2D eigenvalue weighted by molar-refractivity contribution is 7.93. The summed E-state index contributed by atoms with van der Waals surface area (Å²) in [5.41, 5.74) is 1.15. The van der Waals surface area contributed by atoms with Crippen LogP contribution in [0.25, 0.3) is 10.9 Å². The average Bonchev–Trinajstić information content (AvgIpc) is 3.55. The Kier molecular flexibility index (Phi) is 6.46. The number of hydrogen-bond acceptors (Lipinski definition) is 6. The maximum atomic E-state index is 14.1. The number of fused-ring (bicyclic) bond motifs is 1. The van der Waals surface area contributed by atoms with Gasteiger partial charge < -0.3 is 14.4 Å². The number of nitrogens with zero attached hydrogens (tertiary/aromatic N) is 4. The summed E-state index contributed by atoms with van der Waals surface area (Å²) in [6.45, 7) is 3.96. The van der Waals surface area contributed by atoms with Gasteiger partial charge in [-0.25, -0.2) is 17.8 Å². The van der Waals surface area contributed by atoms with Crippen molar-refractivity contribution in [1.29, 1.82) is 0 Å². The van der Waals surface area contributed by atoms with Crippen molar-refractivity contribution in [1.82, 2.24) is 14.5 Å². The molecular weight excluding hydrogens is 517 g/mol. The Bertz CT molecular complexity index is 1580. The Hall–Kier alpha value is -3.77. The summed E-state index contributed by atoms with van der Waals surface area (Å²) < 4.78 is 43.4. The van der Waals surface area contributed by atoms with Crippen molar-refractivity contribution in [3.63, 3.8) is 0 Å². The number of nitrogens with one attached hydrogen (secondary N) is 1. The Labute approximate surface area is 220 Å². The largest absolute Gasteiger partial charge is 0.335 e. The van der Waals surface area contributed by atoms with Crippen LogP contribution in [0.4, 0.5) is 15.2 Å². The standard InChI is InChI=1S/C25H24FN5O4S2.2H2/c1-16(29-12-10-20-21(26)4-3-5-22(20)29)23(32)30-13-14-31(24(33)17(30)2)18-6-8-19(9-7-18)37(34,35)28-25-27-11-15-36-25;;/h3-12,15-17H,13-14H2,1-2H3,(H,27,28);2*1H/t16-,17+;;/m1../s1. The normalized spacial score (nSPS) is 17.3. The smallest absolute Gasteiger partial charge is 0.263 e. The highest BCUT2D eigenvalue weighted by atomic mass is 32.2. The number of carbonyl (C=O) groups is 2. The van der Waals surface area contributed by atoms with E-state index in [2.05, 4.69) is 9.71 Å². The molecule has 9 nitrogen and oxygen atoms in total. The lowest BCUT2D eigenvalue weighted by Gasteiger charge is -2.40. The summed E-state index contributed by atoms with van der Waals surface area (Å²) >= 11 is 1.17. The van der Waals surface area contributed by atoms with Crippen LogP contribution < -0.4 is 9.62 Å². The van der Waals surface area contributed by atoms with Crippen LogP contribution in [-0.2, 0) is 19.6 Å². The van der Waals surface area contributed by atoms with Gasteiger partial charge in [0.2, 0.25) is 11.8 Å². The van der Waals surface area contributed by atoms with Gasteiger partial charge in [0.15, 0.2) is 5.13 Å². The minimum absolute atomic E-state index is 0. The van der Waals surface area contributed by atoms with Gasteiger partial charge in [0.25, 0.3) is 10.0 Å². The first kappa shape index (κ1) is 24.9. The quantitative estimate of drug-likeness (QED) is 0.388. The molecule has 2 atom stereocenters. The van der Waals surface area contributed by atoms with E-state index < -0.39 is 22.1 Å². The van der Waals surface area contributed by atoms with E-state index in [1.165, 1.54) is 40.6 Å². The van der Waals surface area contributed by atoms with E-state index in [1.807, 2.05) is 0 Å². The zero-order chi connectivity index (χ0) is 26.3. The number of anilines is 2. The zero-order valence-electron chi connectivity index (χ0n) is 20.0. The van der Waals surface area contributed by atoms with E-state index >= 15 is 0 Å². The van der Waals surface area contributed by atoms with Gasteiger partial charge in [-0.3, -0.25) is 14.3 Å². The third kappa shape index (κ3) is 4.58. The number of rotatable bonds is 6. The SMILES string of the molecule is C[C@H](C(=O)N1CCN(c2ccc(S(=O)(=O)Nc3nccs3)cc2)C(=O)[C@@H]1C)n1ccc2c(F)cccc21.[HH].[HH]. The number of carbonyl (C=O) groups excluding carboxylic acids is 2. The molecule has 12 heteroatoms. The molecule has 1 N–H and O–H groups in total. The molecule has 196 valence electrons. The fraction of sp³-hybridized carbons (Fsp3) is 0.240. The lowest BCUT2D eigenvalue weighted by Crippen LogP contribution is -2.58. The first-order valence-electron chi connectivity index (χ1n) is 11.6. The molecule has 5 rings (SSSR count). The Morgan fingerprint density at radius 1 is 1.19 bits per heavy atom. The van der Waals surface area contributed by atoms with Crippen LogP contribution in [0.5, 0.6) is 0 Å². The Morgan fingerprint density at radius 3 is 2.65 bits per heavy atom. The number of halogens is 1. The average molecular weight is 546 g/mol. The third-order valence-corrected chi connectivity index (χ3v) is 8.71. The number of sulfonamides is 1. The third-order valence-electron chi connectivity index (χ3n) is 6.54. The van der Waals surface area contributed by atoms with Crippen LogP contribution >= 0.6 is 11.3 Å². The van der Waals surface area contributed by atoms with E-state index in [-0.39, 0.29) is 37.1 Å². The highest BCUT2D eigenvalue weighted by Gasteiger charge is 2.37. The molecule has 0 bridgehead atoms. The number of thiazole rings is 1. The van der Waals surface area contributed by atoms with Gasteiger partial charge in [0, 0.05) is 44.8 Å². The van der Waals surface area contributed by atoms with Crippen molar-refractivity contribution in [3.05, 3.63) is 72.1 Å². The number of hydrogen-bond donors (Lipinski definition) is 1. The molecular formula is C25H28FN5O4S2. The number of benzene rings is 2. The van der Waals surface area contributed by atoms with Crippen LogP contribution in [-0.4, -0.2) is 53.8 Å². The molecule has 0 radical (unpaired) electrons. The van der Waals surface area contributed by atoms with Crippen molar-refractivity contribution in [2.75, 3.05) is 22.7 Å². The molecule has 0 saturated carbocycles. The molecule has 0 spiro atoms. The molecule has 1 aliphatic rings. The van der Waals surface area contributed by atoms with Gasteiger partial charge in [0.05, 0.1) is 10.4 Å². The topological polar surface area (TPSA) is 105 Å². The van der Waals surface area contributed by atoms with Gasteiger partial charge in [0.1, 0.15) is 17.9 Å². The molecule has 0 unspecified atom stereocenters. The van der Waals surface area contributed by atoms with Gasteiger partial charge in [-0.05, 0) is 56.3 Å². The molecule has 2 amide bonds. The van der Waals surface area contributed by atoms with Crippen LogP contribution in [0.2, 0.25) is 0 Å². The number of aromatic nitrogens is 2. The number of piperazine rings is 1. The minimum Gasteiger partial charge on any atom is -0.335 e. The predicted molar refractivity (Wildman–Crippen MR) is 144 cm³/mol. The van der Waals surface area contributed by atoms with Gasteiger partial charge >= 0.3 is 0 Å². The van der Waals surface area contributed by atoms with E-state index in [0.717, 1.165) is 0 Å². The fourth-order valence-corrected chi connectivity index (χ4v) is 6.32. The van der Waals surface area contributed by atoms with E-state index in [0.29, 0.717) is 23.1 Å². The second kappa shape index (κ2) is 9.60. The fourth-order valence-electron chi connectivity index (χ4n) is 4.53. The minimum atomic E-state index is -3.81. The molecule has 0 aliphatic carbocycles. The Morgan fingerprint density at radius 2 is 1.95 bits per heavy atom. The molecule has 1 saturated heterocycles. The van der Waals surface area contributed by atoms with E-state index in [1.54, 1.807) is 65.2 Å². The summed E-state index contributed by atoms with van der Waals surface area (Å²) in [6.07, 6.45) is 3.18. The van der Waals surface area contributed by atoms with Gasteiger partial charge in [-0.15, -0.1) is 11.3 Å². The molecule has 1 fully saturated rings. The van der Waals surface area contributed by atoms with Gasteiger partial charge in [-0.1, -0.05) is 6.07 Å². The zero-order valence-corrected chi connectivity index (χ0v) is 21.7. The highest BCUT2D eigenvalue weighted by Crippen LogP contribution is 2.27. The maximum absolute atomic E-state index is 14.1. The van der Waals surface area contributed by atoms with E-state index in [4.69, 9.17) is 0 Å². The second-order valence-electron chi connectivity index (χ2n) is 8.71. The second-order valence-corrected chi connectivity index (χ2v) is 11.3. The van der Waals surface area contributed by atoms with Gasteiger partial charge in [-0.2, -0.15) is 0 Å². The monoisotopic (exact) mass is 545 g/mol. The first-order chi connectivity index (χ1) is 17.7. The molecule has 37 heavy (non-hydrogen) atoms. The van der Waals surface area contributed by atoms with Crippen LogP contribution in [0.1, 0.15) is 22.7 Å². The summed E-state index contributed by atoms with van der Waals surface area (Å²) in [5, 5.41) is 2.36. The molecule has 3 heterocycles. The lowest BCUT2D eigenvalue weighted by atomic mass is 10.1. The van der Waals surface area contributed by atoms with E-state index in [9.17, 15) is 22.4 Å².